The lowest BCUT2D eigenvalue weighted by Gasteiger charge is -2.05. The van der Waals surface area contributed by atoms with Crippen molar-refractivity contribution in [2.24, 2.45) is 7.05 Å². The second-order valence-electron chi connectivity index (χ2n) is 2.54. The molecular weight excluding hydrogens is 263 g/mol. The van der Waals surface area contributed by atoms with Crippen LogP contribution in [0.25, 0.3) is 0 Å². The van der Waals surface area contributed by atoms with Gasteiger partial charge in [-0.1, -0.05) is 15.9 Å². The number of halogens is 4. The Morgan fingerprint density at radius 3 is 2.50 bits per heavy atom. The second kappa shape index (κ2) is 3.61. The van der Waals surface area contributed by atoms with Crippen LogP contribution < -0.4 is 0 Å². The fraction of sp³-hybridized carbons (Fsp3) is 0.429. The maximum Gasteiger partial charge on any atom is 0.421 e. The number of hydrogen-bond acceptors (Lipinski definition) is 2. The number of alkyl halides is 4. The zero-order valence-electron chi connectivity index (χ0n) is 7.06. The van der Waals surface area contributed by atoms with Crippen LogP contribution in [-0.2, 0) is 18.6 Å². The fourth-order valence-corrected chi connectivity index (χ4v) is 1.49. The minimum absolute atomic E-state index is 0.0304. The van der Waals surface area contributed by atoms with Crippen molar-refractivity contribution in [1.82, 2.24) is 9.78 Å². The number of aromatic nitrogens is 2. The monoisotopic (exact) mass is 267 g/mol. The fourth-order valence-electron chi connectivity index (χ4n) is 1.10. The van der Waals surface area contributed by atoms with Crippen LogP contribution in [-0.4, -0.2) is 9.78 Å². The van der Waals surface area contributed by atoms with Gasteiger partial charge in [-0.3, -0.25) is 4.68 Å². The Labute approximate surface area is 86.3 Å². The van der Waals surface area contributed by atoms with Crippen LogP contribution >= 0.6 is 15.9 Å². The van der Waals surface area contributed by atoms with Gasteiger partial charge < -0.3 is 0 Å². The molecule has 3 nitrogen and oxygen atoms in total. The summed E-state index contributed by atoms with van der Waals surface area (Å²) in [6.07, 6.45) is -4.54. The van der Waals surface area contributed by atoms with Crippen molar-refractivity contribution in [1.29, 1.82) is 5.26 Å². The quantitative estimate of drug-likeness (QED) is 0.733. The summed E-state index contributed by atoms with van der Waals surface area (Å²) >= 11 is 2.89. The zero-order chi connectivity index (χ0) is 10.9. The van der Waals surface area contributed by atoms with E-state index in [1.807, 2.05) is 0 Å². The molecule has 0 spiro atoms. The molecule has 0 unspecified atom stereocenters. The third-order valence-corrected chi connectivity index (χ3v) is 2.17. The van der Waals surface area contributed by atoms with Gasteiger partial charge in [0.25, 0.3) is 0 Å². The zero-order valence-corrected chi connectivity index (χ0v) is 8.65. The molecule has 0 saturated carbocycles. The first kappa shape index (κ1) is 11.0. The van der Waals surface area contributed by atoms with Crippen LogP contribution in [0, 0.1) is 11.3 Å². The molecule has 0 bridgehead atoms. The van der Waals surface area contributed by atoms with E-state index in [2.05, 4.69) is 21.0 Å². The number of hydrogen-bond donors (Lipinski definition) is 0. The predicted octanol–water partition coefficient (Wildman–Crippen LogP) is 2.21. The molecule has 0 radical (unpaired) electrons. The average molecular weight is 268 g/mol. The smallest absolute Gasteiger partial charge is 0.257 e. The molecule has 1 aromatic heterocycles. The summed E-state index contributed by atoms with van der Waals surface area (Å²) in [6.45, 7) is 0. The van der Waals surface area contributed by atoms with E-state index in [4.69, 9.17) is 5.26 Å². The van der Waals surface area contributed by atoms with Gasteiger partial charge in [-0.05, 0) is 0 Å². The molecule has 0 aromatic carbocycles. The van der Waals surface area contributed by atoms with Gasteiger partial charge in [-0.15, -0.1) is 0 Å². The van der Waals surface area contributed by atoms with Crippen LogP contribution in [0.1, 0.15) is 17.0 Å². The summed E-state index contributed by atoms with van der Waals surface area (Å²) in [5.74, 6) is 0. The predicted molar refractivity (Wildman–Crippen MR) is 45.6 cm³/mol. The molecule has 0 saturated heterocycles. The minimum Gasteiger partial charge on any atom is -0.257 e. The highest BCUT2D eigenvalue weighted by Crippen LogP contribution is 2.34. The van der Waals surface area contributed by atoms with E-state index in [1.54, 1.807) is 0 Å². The van der Waals surface area contributed by atoms with E-state index >= 15 is 0 Å². The SMILES string of the molecule is Cn1nc(CBr)c(C(F)(F)F)c1C#N. The maximum absolute atomic E-state index is 12.5. The highest BCUT2D eigenvalue weighted by atomic mass is 79.9. The van der Waals surface area contributed by atoms with E-state index in [0.717, 1.165) is 4.68 Å². The van der Waals surface area contributed by atoms with Crippen molar-refractivity contribution in [3.05, 3.63) is 17.0 Å². The standard InChI is InChI=1S/C7H5BrF3N3/c1-14-5(3-12)6(7(9,10)11)4(2-8)13-14/h2H2,1H3. The van der Waals surface area contributed by atoms with Gasteiger partial charge in [0.05, 0.1) is 5.69 Å². The molecule has 14 heavy (non-hydrogen) atoms. The van der Waals surface area contributed by atoms with Crippen molar-refractivity contribution in [3.63, 3.8) is 0 Å². The van der Waals surface area contributed by atoms with Crippen molar-refractivity contribution < 1.29 is 13.2 Å². The van der Waals surface area contributed by atoms with E-state index in [0.29, 0.717) is 0 Å². The molecular formula is C7H5BrF3N3. The maximum atomic E-state index is 12.5. The van der Waals surface area contributed by atoms with Crippen molar-refractivity contribution in [2.75, 3.05) is 0 Å². The summed E-state index contributed by atoms with van der Waals surface area (Å²) < 4.78 is 38.3. The normalized spacial score (nSPS) is 11.4. The Bertz CT molecular complexity index is 388. The highest BCUT2D eigenvalue weighted by Gasteiger charge is 2.39. The molecule has 0 N–H and O–H groups in total. The van der Waals surface area contributed by atoms with Gasteiger partial charge in [-0.2, -0.15) is 23.5 Å². The first-order chi connectivity index (χ1) is 6.41. The van der Waals surface area contributed by atoms with Crippen molar-refractivity contribution >= 4 is 15.9 Å². The van der Waals surface area contributed by atoms with Crippen LogP contribution in [0.3, 0.4) is 0 Å². The highest BCUT2D eigenvalue weighted by molar-refractivity contribution is 9.08. The van der Waals surface area contributed by atoms with Crippen LogP contribution in [0.5, 0.6) is 0 Å². The van der Waals surface area contributed by atoms with Crippen LogP contribution in [0.4, 0.5) is 13.2 Å². The summed E-state index contributed by atoms with van der Waals surface area (Å²) in [5, 5.41) is 12.1. The van der Waals surface area contributed by atoms with Gasteiger partial charge in [0.2, 0.25) is 0 Å². The summed E-state index contributed by atoms with van der Waals surface area (Å²) in [5.41, 5.74) is -1.59. The van der Waals surface area contributed by atoms with E-state index in [-0.39, 0.29) is 11.0 Å². The summed E-state index contributed by atoms with van der Waals surface area (Å²) in [6, 6.07) is 1.48. The first-order valence-corrected chi connectivity index (χ1v) is 4.63. The van der Waals surface area contributed by atoms with E-state index in [9.17, 15) is 13.2 Å². The lowest BCUT2D eigenvalue weighted by Crippen LogP contribution is -2.09. The van der Waals surface area contributed by atoms with Crippen molar-refractivity contribution in [3.8, 4) is 6.07 Å². The lowest BCUT2D eigenvalue weighted by molar-refractivity contribution is -0.138. The summed E-state index contributed by atoms with van der Waals surface area (Å²) in [7, 11) is 1.31. The van der Waals surface area contributed by atoms with Gasteiger partial charge in [-0.25, -0.2) is 0 Å². The minimum atomic E-state index is -4.54. The molecule has 0 amide bonds. The molecule has 1 aromatic rings. The third kappa shape index (κ3) is 1.75. The Kier molecular flexibility index (Phi) is 2.85. The molecule has 1 heterocycles. The number of aryl methyl sites for hydroxylation is 1. The molecule has 76 valence electrons. The first-order valence-electron chi connectivity index (χ1n) is 3.51. The van der Waals surface area contributed by atoms with Crippen molar-refractivity contribution in [2.45, 2.75) is 11.5 Å². The number of rotatable bonds is 1. The molecule has 7 heteroatoms. The van der Waals surface area contributed by atoms with E-state index in [1.165, 1.54) is 13.1 Å². The van der Waals surface area contributed by atoms with Crippen LogP contribution in [0.15, 0.2) is 0 Å². The third-order valence-electron chi connectivity index (χ3n) is 1.64. The Hall–Kier alpha value is -1.03. The molecule has 0 fully saturated rings. The van der Waals surface area contributed by atoms with Crippen LogP contribution in [0.2, 0.25) is 0 Å². The Morgan fingerprint density at radius 1 is 1.57 bits per heavy atom. The van der Waals surface area contributed by atoms with Gasteiger partial charge >= 0.3 is 6.18 Å². The molecule has 0 aliphatic heterocycles. The summed E-state index contributed by atoms with van der Waals surface area (Å²) in [4.78, 5) is 0. The van der Waals surface area contributed by atoms with Gasteiger partial charge in [0.15, 0.2) is 5.69 Å². The van der Waals surface area contributed by atoms with Gasteiger partial charge in [0, 0.05) is 12.4 Å². The van der Waals surface area contributed by atoms with E-state index < -0.39 is 17.4 Å². The molecule has 0 atom stereocenters. The molecule has 0 aliphatic rings. The number of nitrogens with zero attached hydrogens (tertiary/aromatic N) is 3. The second-order valence-corrected chi connectivity index (χ2v) is 3.10. The molecule has 0 aliphatic carbocycles. The largest absolute Gasteiger partial charge is 0.421 e. The molecule has 1 rings (SSSR count). The Morgan fingerprint density at radius 2 is 2.14 bits per heavy atom. The Balaban J connectivity index is 3.46. The topological polar surface area (TPSA) is 41.6 Å². The number of nitriles is 1. The average Bonchev–Trinajstić information content (AvgIpc) is 2.40. The van der Waals surface area contributed by atoms with Gasteiger partial charge in [0.1, 0.15) is 11.6 Å². The lowest BCUT2D eigenvalue weighted by atomic mass is 10.2.